The van der Waals surface area contributed by atoms with Crippen molar-refractivity contribution in [3.8, 4) is 23.1 Å². The van der Waals surface area contributed by atoms with E-state index in [0.717, 1.165) is 22.0 Å². The minimum absolute atomic E-state index is 0.382. The molecule has 2 aromatic rings. The van der Waals surface area contributed by atoms with E-state index < -0.39 is 0 Å². The second kappa shape index (κ2) is 4.79. The Kier molecular flexibility index (Phi) is 2.99. The first-order chi connectivity index (χ1) is 8.85. The Balaban J connectivity index is 1.76. The first kappa shape index (κ1) is 11.2. The minimum Gasteiger partial charge on any atom is -0.490 e. The summed E-state index contributed by atoms with van der Waals surface area (Å²) in [6.45, 7) is 0. The zero-order chi connectivity index (χ0) is 12.4. The predicted octanol–water partition coefficient (Wildman–Crippen LogP) is 3.42. The van der Waals surface area contributed by atoms with Crippen LogP contribution in [0.4, 0.5) is 0 Å². The fourth-order valence-electron chi connectivity index (χ4n) is 1.67. The normalized spacial score (nSPS) is 14.2. The largest absolute Gasteiger partial charge is 0.490 e. The van der Waals surface area contributed by atoms with Gasteiger partial charge in [-0.2, -0.15) is 5.26 Å². The van der Waals surface area contributed by atoms with Gasteiger partial charge in [0.2, 0.25) is 0 Å². The van der Waals surface area contributed by atoms with E-state index in [2.05, 4.69) is 11.1 Å². The van der Waals surface area contributed by atoms with Crippen LogP contribution in [0.5, 0.6) is 5.75 Å². The molecule has 18 heavy (non-hydrogen) atoms. The molecule has 90 valence electrons. The number of hydrogen-bond acceptors (Lipinski definition) is 4. The third-order valence-electron chi connectivity index (χ3n) is 2.76. The van der Waals surface area contributed by atoms with E-state index in [1.54, 1.807) is 0 Å². The summed E-state index contributed by atoms with van der Waals surface area (Å²) < 4.78 is 5.70. The molecule has 3 rings (SSSR count). The molecule has 1 aliphatic carbocycles. The van der Waals surface area contributed by atoms with Crippen LogP contribution in [0.2, 0.25) is 0 Å². The van der Waals surface area contributed by atoms with Crippen molar-refractivity contribution in [3.63, 3.8) is 0 Å². The Bertz CT molecular complexity index is 579. The van der Waals surface area contributed by atoms with E-state index in [-0.39, 0.29) is 0 Å². The lowest BCUT2D eigenvalue weighted by molar-refractivity contribution is 0.303. The number of nitrogens with zero attached hydrogens (tertiary/aromatic N) is 2. The lowest BCUT2D eigenvalue weighted by atomic mass is 10.2. The summed E-state index contributed by atoms with van der Waals surface area (Å²) in [5, 5.41) is 11.5. The second-order valence-corrected chi connectivity index (χ2v) is 5.25. The summed E-state index contributed by atoms with van der Waals surface area (Å²) in [7, 11) is 0. The smallest absolute Gasteiger partial charge is 0.119 e. The molecule has 0 radical (unpaired) electrons. The minimum atomic E-state index is 0.382. The molecule has 0 N–H and O–H groups in total. The van der Waals surface area contributed by atoms with Gasteiger partial charge in [0.05, 0.1) is 24.3 Å². The summed E-state index contributed by atoms with van der Waals surface area (Å²) in [5.41, 5.74) is 2.00. The molecule has 4 heteroatoms. The summed E-state index contributed by atoms with van der Waals surface area (Å²) in [5.74, 6) is 0.925. The van der Waals surface area contributed by atoms with Crippen molar-refractivity contribution in [2.45, 2.75) is 25.4 Å². The molecule has 0 saturated heterocycles. The SMILES string of the molecule is N#CCc1nc(-c2ccc(OC3CC3)cc2)cs1. The Hall–Kier alpha value is -1.86. The number of aromatic nitrogens is 1. The number of rotatable bonds is 4. The average molecular weight is 256 g/mol. The fourth-order valence-corrected chi connectivity index (χ4v) is 2.41. The maximum atomic E-state index is 8.63. The fraction of sp³-hybridized carbons (Fsp3) is 0.286. The number of benzene rings is 1. The van der Waals surface area contributed by atoms with Crippen LogP contribution in [-0.4, -0.2) is 11.1 Å². The molecule has 1 aromatic heterocycles. The first-order valence-corrected chi connectivity index (χ1v) is 6.81. The molecule has 1 heterocycles. The second-order valence-electron chi connectivity index (χ2n) is 4.30. The topological polar surface area (TPSA) is 45.9 Å². The highest BCUT2D eigenvalue weighted by molar-refractivity contribution is 7.10. The zero-order valence-electron chi connectivity index (χ0n) is 9.80. The van der Waals surface area contributed by atoms with E-state index in [0.29, 0.717) is 12.5 Å². The lowest BCUT2D eigenvalue weighted by Crippen LogP contribution is -1.95. The van der Waals surface area contributed by atoms with Crippen molar-refractivity contribution in [2.75, 3.05) is 0 Å². The van der Waals surface area contributed by atoms with Crippen LogP contribution >= 0.6 is 11.3 Å². The van der Waals surface area contributed by atoms with Crippen LogP contribution in [0.1, 0.15) is 17.8 Å². The summed E-state index contributed by atoms with van der Waals surface area (Å²) in [6, 6.07) is 10.1. The monoisotopic (exact) mass is 256 g/mol. The van der Waals surface area contributed by atoms with Crippen molar-refractivity contribution < 1.29 is 4.74 Å². The Morgan fingerprint density at radius 3 is 2.78 bits per heavy atom. The molecular formula is C14H12N2OS. The molecule has 0 spiro atoms. The standard InChI is InChI=1S/C14H12N2OS/c15-8-7-14-16-13(9-18-14)10-1-3-11(4-2-10)17-12-5-6-12/h1-4,9,12H,5-7H2. The molecule has 0 atom stereocenters. The molecular weight excluding hydrogens is 244 g/mol. The van der Waals surface area contributed by atoms with Crippen LogP contribution in [0.25, 0.3) is 11.3 Å². The van der Waals surface area contributed by atoms with Crippen LogP contribution in [0, 0.1) is 11.3 Å². The highest BCUT2D eigenvalue weighted by Gasteiger charge is 2.23. The van der Waals surface area contributed by atoms with Gasteiger partial charge in [-0.3, -0.25) is 0 Å². The van der Waals surface area contributed by atoms with Crippen molar-refractivity contribution in [1.29, 1.82) is 5.26 Å². The molecule has 1 fully saturated rings. The van der Waals surface area contributed by atoms with Crippen LogP contribution in [0.3, 0.4) is 0 Å². The van der Waals surface area contributed by atoms with E-state index in [9.17, 15) is 0 Å². The van der Waals surface area contributed by atoms with Gasteiger partial charge in [-0.1, -0.05) is 0 Å². The van der Waals surface area contributed by atoms with Crippen molar-refractivity contribution in [3.05, 3.63) is 34.7 Å². The number of ether oxygens (including phenoxy) is 1. The van der Waals surface area contributed by atoms with Crippen molar-refractivity contribution in [2.24, 2.45) is 0 Å². The number of hydrogen-bond donors (Lipinski definition) is 0. The molecule has 1 aliphatic rings. The maximum Gasteiger partial charge on any atom is 0.119 e. The molecule has 1 saturated carbocycles. The van der Waals surface area contributed by atoms with Gasteiger partial charge >= 0.3 is 0 Å². The predicted molar refractivity (Wildman–Crippen MR) is 70.5 cm³/mol. The van der Waals surface area contributed by atoms with Crippen LogP contribution in [0.15, 0.2) is 29.6 Å². The molecule has 3 nitrogen and oxygen atoms in total. The summed E-state index contributed by atoms with van der Waals surface area (Å²) in [4.78, 5) is 4.43. The molecule has 0 aliphatic heterocycles. The van der Waals surface area contributed by atoms with Gasteiger partial charge in [-0.15, -0.1) is 11.3 Å². The lowest BCUT2D eigenvalue weighted by Gasteiger charge is -2.04. The Morgan fingerprint density at radius 2 is 2.11 bits per heavy atom. The first-order valence-electron chi connectivity index (χ1n) is 5.93. The zero-order valence-corrected chi connectivity index (χ0v) is 10.6. The van der Waals surface area contributed by atoms with Gasteiger partial charge in [-0.25, -0.2) is 4.98 Å². The van der Waals surface area contributed by atoms with Crippen LogP contribution < -0.4 is 4.74 Å². The summed E-state index contributed by atoms with van der Waals surface area (Å²) in [6.07, 6.45) is 3.15. The van der Waals surface area contributed by atoms with Gasteiger partial charge in [0.1, 0.15) is 10.8 Å². The summed E-state index contributed by atoms with van der Waals surface area (Å²) >= 11 is 1.53. The average Bonchev–Trinajstić information content (AvgIpc) is 3.07. The maximum absolute atomic E-state index is 8.63. The molecule has 0 bridgehead atoms. The third kappa shape index (κ3) is 2.52. The molecule has 0 unspecified atom stereocenters. The highest BCUT2D eigenvalue weighted by Crippen LogP contribution is 2.29. The van der Waals surface area contributed by atoms with Gasteiger partial charge in [-0.05, 0) is 37.1 Å². The van der Waals surface area contributed by atoms with Gasteiger partial charge in [0.15, 0.2) is 0 Å². The van der Waals surface area contributed by atoms with Crippen molar-refractivity contribution in [1.82, 2.24) is 4.98 Å². The highest BCUT2D eigenvalue weighted by atomic mass is 32.1. The van der Waals surface area contributed by atoms with E-state index in [1.807, 2.05) is 29.6 Å². The Labute approximate surface area is 110 Å². The number of nitriles is 1. The quantitative estimate of drug-likeness (QED) is 0.842. The van der Waals surface area contributed by atoms with Crippen molar-refractivity contribution >= 4 is 11.3 Å². The van der Waals surface area contributed by atoms with Crippen LogP contribution in [-0.2, 0) is 6.42 Å². The van der Waals surface area contributed by atoms with E-state index >= 15 is 0 Å². The third-order valence-corrected chi connectivity index (χ3v) is 3.61. The molecule has 0 amide bonds. The molecule has 1 aromatic carbocycles. The van der Waals surface area contributed by atoms with E-state index in [4.69, 9.17) is 10.00 Å². The number of thiazole rings is 1. The van der Waals surface area contributed by atoms with E-state index in [1.165, 1.54) is 24.2 Å². The van der Waals surface area contributed by atoms with Gasteiger partial charge < -0.3 is 4.74 Å². The Morgan fingerprint density at radius 1 is 1.33 bits per heavy atom. The van der Waals surface area contributed by atoms with Gasteiger partial charge in [0, 0.05) is 10.9 Å². The van der Waals surface area contributed by atoms with Gasteiger partial charge in [0.25, 0.3) is 0 Å².